The van der Waals surface area contributed by atoms with Gasteiger partial charge >= 0.3 is 7.12 Å². The van der Waals surface area contributed by atoms with Crippen LogP contribution < -0.4 is 5.73 Å². The molecule has 0 spiro atoms. The molecule has 5 fully saturated rings. The first-order valence-corrected chi connectivity index (χ1v) is 8.50. The maximum Gasteiger partial charge on any atom is 0.475 e. The van der Waals surface area contributed by atoms with Crippen molar-refractivity contribution in [2.75, 3.05) is 0 Å². The van der Waals surface area contributed by atoms with Gasteiger partial charge in [-0.15, -0.1) is 0 Å². The minimum atomic E-state index is -0.166. The highest BCUT2D eigenvalue weighted by Crippen LogP contribution is 2.65. The van der Waals surface area contributed by atoms with Gasteiger partial charge in [0.1, 0.15) is 0 Å². The Bertz CT molecular complexity index is 411. The minimum absolute atomic E-state index is 0.0584. The Hall–Kier alpha value is -0.0551. The monoisotopic (exact) mass is 277 g/mol. The smallest absolute Gasteiger partial charge is 0.404 e. The minimum Gasteiger partial charge on any atom is -0.404 e. The van der Waals surface area contributed by atoms with Crippen LogP contribution in [0.2, 0.25) is 0 Å². The fourth-order valence-corrected chi connectivity index (χ4v) is 5.31. The first-order chi connectivity index (χ1) is 9.41. The second-order valence-corrected chi connectivity index (χ2v) is 8.53. The van der Waals surface area contributed by atoms with E-state index in [1.54, 1.807) is 0 Å². The van der Waals surface area contributed by atoms with Gasteiger partial charge in [0, 0.05) is 5.94 Å². The largest absolute Gasteiger partial charge is 0.475 e. The van der Waals surface area contributed by atoms with Crippen molar-refractivity contribution in [2.24, 2.45) is 28.9 Å². The van der Waals surface area contributed by atoms with E-state index >= 15 is 0 Å². The van der Waals surface area contributed by atoms with Crippen LogP contribution in [0.3, 0.4) is 0 Å². The summed E-state index contributed by atoms with van der Waals surface area (Å²) in [5.74, 6) is 2.33. The van der Waals surface area contributed by atoms with Gasteiger partial charge in [0.15, 0.2) is 0 Å². The van der Waals surface area contributed by atoms with Crippen LogP contribution in [-0.2, 0) is 9.31 Å². The Balaban J connectivity index is 1.46. The van der Waals surface area contributed by atoms with Gasteiger partial charge in [-0.2, -0.15) is 0 Å². The third-order valence-electron chi connectivity index (χ3n) is 7.15. The quantitative estimate of drug-likeness (QED) is 0.807. The molecule has 1 heterocycles. The summed E-state index contributed by atoms with van der Waals surface area (Å²) in [7, 11) is -0.166. The van der Waals surface area contributed by atoms with Crippen LogP contribution in [0.1, 0.15) is 59.3 Å². The molecular weight excluding hydrogens is 249 g/mol. The summed E-state index contributed by atoms with van der Waals surface area (Å²) in [6, 6.07) is 0. The van der Waals surface area contributed by atoms with Gasteiger partial charge in [-0.3, -0.25) is 0 Å². The SMILES string of the molecule is CC1(C)[C@@H]2CC3OB([C@@H](N)CC4CCC4)O[C@@]3(C)[C@H]1C2. The fraction of sp³-hybridized carbons (Fsp3) is 1.00. The van der Waals surface area contributed by atoms with Crippen molar-refractivity contribution >= 4 is 7.12 Å². The molecule has 1 unspecified atom stereocenters. The zero-order valence-electron chi connectivity index (χ0n) is 13.1. The van der Waals surface area contributed by atoms with Crippen LogP contribution in [0.5, 0.6) is 0 Å². The lowest BCUT2D eigenvalue weighted by Crippen LogP contribution is -2.65. The van der Waals surface area contributed by atoms with E-state index in [1.165, 1.54) is 25.7 Å². The molecular formula is C16H28BNO2. The van der Waals surface area contributed by atoms with Gasteiger partial charge in [0.2, 0.25) is 0 Å². The molecule has 5 atom stereocenters. The molecule has 20 heavy (non-hydrogen) atoms. The third kappa shape index (κ3) is 1.71. The van der Waals surface area contributed by atoms with Crippen LogP contribution >= 0.6 is 0 Å². The van der Waals surface area contributed by atoms with Crippen molar-refractivity contribution in [3.63, 3.8) is 0 Å². The lowest BCUT2D eigenvalue weighted by Gasteiger charge is -2.64. The Morgan fingerprint density at radius 1 is 1.25 bits per heavy atom. The molecule has 4 aliphatic carbocycles. The Morgan fingerprint density at radius 2 is 2.00 bits per heavy atom. The number of hydrogen-bond donors (Lipinski definition) is 1. The van der Waals surface area contributed by atoms with Crippen molar-refractivity contribution < 1.29 is 9.31 Å². The normalized spacial score (nSPS) is 47.4. The van der Waals surface area contributed by atoms with Crippen molar-refractivity contribution in [3.05, 3.63) is 0 Å². The number of rotatable bonds is 3. The first kappa shape index (κ1) is 13.6. The third-order valence-corrected chi connectivity index (χ3v) is 7.15. The van der Waals surface area contributed by atoms with E-state index in [-0.39, 0.29) is 24.8 Å². The van der Waals surface area contributed by atoms with Crippen molar-refractivity contribution in [2.45, 2.75) is 76.9 Å². The number of hydrogen-bond acceptors (Lipinski definition) is 3. The van der Waals surface area contributed by atoms with E-state index in [0.717, 1.165) is 24.7 Å². The summed E-state index contributed by atoms with van der Waals surface area (Å²) in [6.07, 6.45) is 7.89. The Morgan fingerprint density at radius 3 is 2.60 bits per heavy atom. The zero-order valence-corrected chi connectivity index (χ0v) is 13.1. The van der Waals surface area contributed by atoms with Gasteiger partial charge in [-0.05, 0) is 49.4 Å². The molecule has 2 N–H and O–H groups in total. The van der Waals surface area contributed by atoms with Crippen LogP contribution in [0.4, 0.5) is 0 Å². The van der Waals surface area contributed by atoms with Crippen LogP contribution in [0.15, 0.2) is 0 Å². The van der Waals surface area contributed by atoms with Crippen molar-refractivity contribution in [1.82, 2.24) is 0 Å². The Kier molecular flexibility index (Phi) is 2.88. The van der Waals surface area contributed by atoms with Gasteiger partial charge in [-0.1, -0.05) is 33.1 Å². The molecule has 1 saturated heterocycles. The van der Waals surface area contributed by atoms with Gasteiger partial charge < -0.3 is 15.0 Å². The van der Waals surface area contributed by atoms with Crippen LogP contribution in [-0.4, -0.2) is 24.8 Å². The standard InChI is InChI=1S/C16H28BNO2/c1-15(2)11-8-12(15)16(3)13(9-11)19-17(20-16)14(18)7-10-5-4-6-10/h10-14H,4-9,18H2,1-3H3/t11-,12-,13?,14-,16-/m0/s1. The summed E-state index contributed by atoms with van der Waals surface area (Å²) < 4.78 is 12.7. The molecule has 0 aromatic carbocycles. The maximum absolute atomic E-state index is 6.42. The molecule has 0 aromatic rings. The average molecular weight is 277 g/mol. The highest BCUT2D eigenvalue weighted by molar-refractivity contribution is 6.47. The maximum atomic E-state index is 6.42. The average Bonchev–Trinajstić information content (AvgIpc) is 2.70. The summed E-state index contributed by atoms with van der Waals surface area (Å²) in [6.45, 7) is 7.08. The van der Waals surface area contributed by atoms with Crippen molar-refractivity contribution in [1.29, 1.82) is 0 Å². The molecule has 3 nitrogen and oxygen atoms in total. The summed E-state index contributed by atoms with van der Waals surface area (Å²) in [4.78, 5) is 0. The highest BCUT2D eigenvalue weighted by Gasteiger charge is 2.68. The molecule has 5 rings (SSSR count). The van der Waals surface area contributed by atoms with E-state index in [0.29, 0.717) is 11.3 Å². The van der Waals surface area contributed by atoms with E-state index in [1.807, 2.05) is 0 Å². The van der Waals surface area contributed by atoms with Gasteiger partial charge in [0.05, 0.1) is 11.7 Å². The molecule has 1 aliphatic heterocycles. The summed E-state index contributed by atoms with van der Waals surface area (Å²) >= 11 is 0. The molecule has 4 saturated carbocycles. The molecule has 0 aromatic heterocycles. The summed E-state index contributed by atoms with van der Waals surface area (Å²) in [5.41, 5.74) is 6.70. The van der Waals surface area contributed by atoms with E-state index in [2.05, 4.69) is 20.8 Å². The fourth-order valence-electron chi connectivity index (χ4n) is 5.31. The zero-order chi connectivity index (χ0) is 14.1. The second kappa shape index (κ2) is 4.24. The predicted molar refractivity (Wildman–Crippen MR) is 80.0 cm³/mol. The van der Waals surface area contributed by atoms with E-state index in [9.17, 15) is 0 Å². The molecule has 112 valence electrons. The highest BCUT2D eigenvalue weighted by atomic mass is 16.7. The summed E-state index contributed by atoms with van der Waals surface area (Å²) in [5, 5.41) is 0. The molecule has 5 aliphatic rings. The first-order valence-electron chi connectivity index (χ1n) is 8.50. The lowest BCUT2D eigenvalue weighted by atomic mass is 9.43. The number of nitrogens with two attached hydrogens (primary N) is 1. The predicted octanol–water partition coefficient (Wildman–Crippen LogP) is 2.77. The van der Waals surface area contributed by atoms with Gasteiger partial charge in [0.25, 0.3) is 0 Å². The van der Waals surface area contributed by atoms with E-state index in [4.69, 9.17) is 15.0 Å². The molecule has 2 bridgehead atoms. The van der Waals surface area contributed by atoms with Crippen molar-refractivity contribution in [3.8, 4) is 0 Å². The van der Waals surface area contributed by atoms with Crippen LogP contribution in [0.25, 0.3) is 0 Å². The van der Waals surface area contributed by atoms with Crippen LogP contribution in [0, 0.1) is 23.2 Å². The molecule has 4 heteroatoms. The molecule has 0 radical (unpaired) electrons. The van der Waals surface area contributed by atoms with E-state index < -0.39 is 0 Å². The topological polar surface area (TPSA) is 44.5 Å². The second-order valence-electron chi connectivity index (χ2n) is 8.53. The molecule has 0 amide bonds. The lowest BCUT2D eigenvalue weighted by molar-refractivity contribution is -0.199. The Labute approximate surface area is 123 Å². The van der Waals surface area contributed by atoms with Gasteiger partial charge in [-0.25, -0.2) is 0 Å².